The van der Waals surface area contributed by atoms with Gasteiger partial charge in [-0.1, -0.05) is 19.1 Å². The summed E-state index contributed by atoms with van der Waals surface area (Å²) >= 11 is 0. The van der Waals surface area contributed by atoms with Crippen molar-refractivity contribution in [3.63, 3.8) is 0 Å². The van der Waals surface area contributed by atoms with Crippen molar-refractivity contribution in [2.24, 2.45) is 0 Å². The first-order valence-electron chi connectivity index (χ1n) is 11.9. The largest absolute Gasteiger partial charge is 0.336 e. The molecule has 2 aromatic rings. The molecule has 182 valence electrons. The number of hydrogen-bond acceptors (Lipinski definition) is 3. The van der Waals surface area contributed by atoms with Gasteiger partial charge in [-0.3, -0.25) is 14.9 Å². The van der Waals surface area contributed by atoms with Crippen LogP contribution >= 0.6 is 0 Å². The van der Waals surface area contributed by atoms with Crippen LogP contribution in [-0.4, -0.2) is 41.2 Å². The fourth-order valence-electron chi connectivity index (χ4n) is 5.34. The van der Waals surface area contributed by atoms with Gasteiger partial charge in [0, 0.05) is 31.5 Å². The minimum Gasteiger partial charge on any atom is -0.336 e. The van der Waals surface area contributed by atoms with Gasteiger partial charge in [0.25, 0.3) is 0 Å². The molecule has 2 aliphatic rings. The molecule has 2 amide bonds. The van der Waals surface area contributed by atoms with Crippen LogP contribution in [0.4, 0.5) is 13.2 Å². The molecule has 0 aromatic heterocycles. The van der Waals surface area contributed by atoms with Crippen molar-refractivity contribution >= 4 is 11.8 Å². The van der Waals surface area contributed by atoms with E-state index in [1.54, 1.807) is 21.9 Å². The van der Waals surface area contributed by atoms with E-state index in [9.17, 15) is 22.8 Å². The maximum Gasteiger partial charge on any atom is 0.224 e. The summed E-state index contributed by atoms with van der Waals surface area (Å²) in [5, 5.41) is 3.36. The van der Waals surface area contributed by atoms with Crippen LogP contribution in [0.3, 0.4) is 0 Å². The van der Waals surface area contributed by atoms with Gasteiger partial charge in [-0.25, -0.2) is 13.2 Å². The van der Waals surface area contributed by atoms with Crippen molar-refractivity contribution < 1.29 is 22.8 Å². The fraction of sp³-hybridized carbons (Fsp3) is 0.462. The number of amides is 2. The number of hydrogen-bond donors (Lipinski definition) is 1. The molecule has 34 heavy (non-hydrogen) atoms. The lowest BCUT2D eigenvalue weighted by atomic mass is 9.92. The van der Waals surface area contributed by atoms with Crippen LogP contribution in [-0.2, 0) is 15.3 Å². The van der Waals surface area contributed by atoms with E-state index in [1.165, 1.54) is 12.1 Å². The molecule has 2 aliphatic heterocycles. The Hall–Kier alpha value is -2.87. The van der Waals surface area contributed by atoms with E-state index in [0.717, 1.165) is 24.6 Å². The Kier molecular flexibility index (Phi) is 7.26. The highest BCUT2D eigenvalue weighted by Crippen LogP contribution is 2.36. The van der Waals surface area contributed by atoms with Gasteiger partial charge in [-0.05, 0) is 68.1 Å². The second kappa shape index (κ2) is 10.2. The number of likely N-dealkylation sites (tertiary alicyclic amines) is 2. The first-order chi connectivity index (χ1) is 16.4. The van der Waals surface area contributed by atoms with Crippen LogP contribution in [0.25, 0.3) is 0 Å². The summed E-state index contributed by atoms with van der Waals surface area (Å²) in [5.74, 6) is -1.65. The predicted molar refractivity (Wildman–Crippen MR) is 122 cm³/mol. The Bertz CT molecular complexity index is 1060. The van der Waals surface area contributed by atoms with Crippen molar-refractivity contribution in [1.29, 1.82) is 0 Å². The SMILES string of the molecule is CCC(NCCC(c1cccc(F)c1)N1CCCC1=O)(c1cc(F)ccc1F)N1CCCC1=O. The summed E-state index contributed by atoms with van der Waals surface area (Å²) < 4.78 is 43.2. The second-order valence-corrected chi connectivity index (χ2v) is 8.96. The van der Waals surface area contributed by atoms with Crippen molar-refractivity contribution in [2.75, 3.05) is 19.6 Å². The van der Waals surface area contributed by atoms with E-state index >= 15 is 0 Å². The summed E-state index contributed by atoms with van der Waals surface area (Å²) in [6, 6.07) is 9.12. The molecule has 2 atom stereocenters. The van der Waals surface area contributed by atoms with Gasteiger partial charge in [0.05, 0.1) is 6.04 Å². The van der Waals surface area contributed by atoms with E-state index in [2.05, 4.69) is 5.32 Å². The highest BCUT2D eigenvalue weighted by atomic mass is 19.1. The molecule has 2 heterocycles. The minimum absolute atomic E-state index is 0.0157. The molecular weight excluding hydrogens is 443 g/mol. The van der Waals surface area contributed by atoms with E-state index in [0.29, 0.717) is 57.3 Å². The van der Waals surface area contributed by atoms with Gasteiger partial charge in [0.15, 0.2) is 0 Å². The van der Waals surface area contributed by atoms with Crippen LogP contribution in [0.5, 0.6) is 0 Å². The maximum atomic E-state index is 15.0. The first-order valence-corrected chi connectivity index (χ1v) is 11.9. The van der Waals surface area contributed by atoms with E-state index in [-0.39, 0.29) is 29.2 Å². The molecule has 0 spiro atoms. The average Bonchev–Trinajstić information content (AvgIpc) is 3.44. The normalized spacial score (nSPS) is 19.1. The van der Waals surface area contributed by atoms with E-state index < -0.39 is 17.3 Å². The van der Waals surface area contributed by atoms with Crippen molar-refractivity contribution in [3.8, 4) is 0 Å². The predicted octanol–water partition coefficient (Wildman–Crippen LogP) is 4.63. The van der Waals surface area contributed by atoms with Crippen LogP contribution < -0.4 is 5.32 Å². The Morgan fingerprint density at radius 1 is 0.971 bits per heavy atom. The summed E-state index contributed by atoms with van der Waals surface area (Å²) in [7, 11) is 0. The van der Waals surface area contributed by atoms with E-state index in [1.807, 2.05) is 6.92 Å². The van der Waals surface area contributed by atoms with Crippen LogP contribution in [0.2, 0.25) is 0 Å². The van der Waals surface area contributed by atoms with Crippen molar-refractivity contribution in [2.45, 2.75) is 57.2 Å². The molecule has 0 saturated carbocycles. The Labute approximate surface area is 197 Å². The van der Waals surface area contributed by atoms with Gasteiger partial charge >= 0.3 is 0 Å². The quantitative estimate of drug-likeness (QED) is 0.578. The molecule has 0 radical (unpaired) electrons. The topological polar surface area (TPSA) is 52.7 Å². The number of halogens is 3. The minimum atomic E-state index is -1.22. The molecular formula is C26H30F3N3O2. The third kappa shape index (κ3) is 4.69. The van der Waals surface area contributed by atoms with Gasteiger partial charge in [-0.2, -0.15) is 0 Å². The van der Waals surface area contributed by atoms with Crippen molar-refractivity contribution in [3.05, 3.63) is 71.0 Å². The Balaban J connectivity index is 1.64. The summed E-state index contributed by atoms with van der Waals surface area (Å²) in [6.07, 6.45) is 2.95. The Morgan fingerprint density at radius 2 is 1.71 bits per heavy atom. The maximum absolute atomic E-state index is 15.0. The summed E-state index contributed by atoms with van der Waals surface area (Å²) in [4.78, 5) is 28.6. The number of carbonyl (C=O) groups is 2. The zero-order valence-corrected chi connectivity index (χ0v) is 19.3. The number of carbonyl (C=O) groups excluding carboxylic acids is 2. The first kappa shape index (κ1) is 24.3. The van der Waals surface area contributed by atoms with Gasteiger partial charge in [0.2, 0.25) is 11.8 Å². The number of benzene rings is 2. The fourth-order valence-corrected chi connectivity index (χ4v) is 5.34. The lowest BCUT2D eigenvalue weighted by Gasteiger charge is -2.43. The van der Waals surface area contributed by atoms with Gasteiger partial charge in [-0.15, -0.1) is 0 Å². The lowest BCUT2D eigenvalue weighted by Crippen LogP contribution is -2.57. The standard InChI is InChI=1S/C26H30F3N3O2/c1-2-26(32-15-5-9-25(32)34,21-17-20(28)10-11-22(21)29)30-13-12-23(31-14-4-8-24(31)33)18-6-3-7-19(27)16-18/h3,6-7,10-11,16-17,23,30H,2,4-5,8-9,12-15H2,1H3. The molecule has 0 bridgehead atoms. The lowest BCUT2D eigenvalue weighted by molar-refractivity contribution is -0.135. The number of nitrogens with zero attached hydrogens (tertiary/aromatic N) is 2. The molecule has 8 heteroatoms. The number of nitrogens with one attached hydrogen (secondary N) is 1. The molecule has 1 N–H and O–H groups in total. The third-order valence-corrected chi connectivity index (χ3v) is 6.97. The molecule has 2 saturated heterocycles. The molecule has 2 aromatic carbocycles. The van der Waals surface area contributed by atoms with Crippen LogP contribution in [0, 0.1) is 17.5 Å². The average molecular weight is 474 g/mol. The number of rotatable bonds is 9. The van der Waals surface area contributed by atoms with E-state index in [4.69, 9.17) is 0 Å². The monoisotopic (exact) mass is 473 g/mol. The summed E-state index contributed by atoms with van der Waals surface area (Å²) in [6.45, 7) is 3.16. The highest BCUT2D eigenvalue weighted by Gasteiger charge is 2.43. The highest BCUT2D eigenvalue weighted by molar-refractivity contribution is 5.79. The zero-order valence-electron chi connectivity index (χ0n) is 19.3. The molecule has 2 fully saturated rings. The molecule has 2 unspecified atom stereocenters. The van der Waals surface area contributed by atoms with Gasteiger partial charge in [0.1, 0.15) is 23.1 Å². The molecule has 5 nitrogen and oxygen atoms in total. The third-order valence-electron chi connectivity index (χ3n) is 6.97. The smallest absolute Gasteiger partial charge is 0.224 e. The summed E-state index contributed by atoms with van der Waals surface area (Å²) in [5.41, 5.74) is -0.445. The van der Waals surface area contributed by atoms with Gasteiger partial charge < -0.3 is 9.80 Å². The molecule has 0 aliphatic carbocycles. The van der Waals surface area contributed by atoms with Crippen molar-refractivity contribution in [1.82, 2.24) is 15.1 Å². The molecule has 4 rings (SSSR count). The Morgan fingerprint density at radius 3 is 2.35 bits per heavy atom. The van der Waals surface area contributed by atoms with Crippen LogP contribution in [0.15, 0.2) is 42.5 Å². The zero-order chi connectivity index (χ0) is 24.3. The van der Waals surface area contributed by atoms with Crippen LogP contribution in [0.1, 0.15) is 62.6 Å². The second-order valence-electron chi connectivity index (χ2n) is 8.96.